The van der Waals surface area contributed by atoms with Gasteiger partial charge in [-0.05, 0) is 17.5 Å². The Morgan fingerprint density at radius 3 is 3.08 bits per heavy atom. The van der Waals surface area contributed by atoms with Gasteiger partial charge in [-0.25, -0.2) is 0 Å². The molecule has 1 heterocycles. The fraction of sp³-hybridized carbons (Fsp3) is 0.300. The highest BCUT2D eigenvalue weighted by atomic mass is 32.1. The van der Waals surface area contributed by atoms with Crippen LogP contribution >= 0.6 is 12.2 Å². The summed E-state index contributed by atoms with van der Waals surface area (Å²) in [6.45, 7) is 1.04. The van der Waals surface area contributed by atoms with E-state index in [1.165, 1.54) is 11.1 Å². The van der Waals surface area contributed by atoms with Gasteiger partial charge in [0.1, 0.15) is 0 Å². The topological polar surface area (TPSA) is 12.0 Å². The first-order valence-electron chi connectivity index (χ1n) is 4.18. The van der Waals surface area contributed by atoms with Crippen molar-refractivity contribution >= 4 is 17.6 Å². The Labute approximate surface area is 77.8 Å². The number of benzene rings is 1. The zero-order valence-electron chi connectivity index (χ0n) is 6.79. The third-order valence-corrected chi connectivity index (χ3v) is 2.56. The summed E-state index contributed by atoms with van der Waals surface area (Å²) >= 11 is 4.96. The smallest absolute Gasteiger partial charge is 0.0612 e. The maximum Gasteiger partial charge on any atom is 0.0612 e. The van der Waals surface area contributed by atoms with Crippen LogP contribution in [0.5, 0.6) is 0 Å². The van der Waals surface area contributed by atoms with Crippen LogP contribution in [0.2, 0.25) is 0 Å². The number of hydrogen-bond acceptors (Lipinski definition) is 2. The highest BCUT2D eigenvalue weighted by Gasteiger charge is 2.15. The third-order valence-electron chi connectivity index (χ3n) is 2.28. The van der Waals surface area contributed by atoms with E-state index in [1.54, 1.807) is 5.37 Å². The van der Waals surface area contributed by atoms with Crippen LogP contribution in [0.3, 0.4) is 0 Å². The van der Waals surface area contributed by atoms with Crippen molar-refractivity contribution in [1.82, 2.24) is 5.32 Å². The van der Waals surface area contributed by atoms with Gasteiger partial charge in [0.2, 0.25) is 0 Å². The normalized spacial score (nSPS) is 21.5. The summed E-state index contributed by atoms with van der Waals surface area (Å²) in [6, 6.07) is 8.77. The quantitative estimate of drug-likeness (QED) is 0.657. The predicted molar refractivity (Wildman–Crippen MR) is 54.5 cm³/mol. The molecule has 1 aromatic rings. The monoisotopic (exact) mass is 177 g/mol. The molecule has 0 saturated carbocycles. The molecule has 0 bridgehead atoms. The van der Waals surface area contributed by atoms with Crippen molar-refractivity contribution in [3.8, 4) is 0 Å². The molecule has 62 valence electrons. The highest BCUT2D eigenvalue weighted by molar-refractivity contribution is 7.79. The van der Waals surface area contributed by atoms with Crippen LogP contribution in [0.1, 0.15) is 17.2 Å². The molecule has 2 heteroatoms. The second kappa shape index (κ2) is 3.33. The van der Waals surface area contributed by atoms with Crippen LogP contribution in [0.4, 0.5) is 0 Å². The van der Waals surface area contributed by atoms with Crippen molar-refractivity contribution in [2.24, 2.45) is 0 Å². The lowest BCUT2D eigenvalue weighted by molar-refractivity contribution is 0.614. The summed E-state index contributed by atoms with van der Waals surface area (Å²) in [4.78, 5) is 0. The molecule has 0 aromatic heterocycles. The first-order valence-corrected chi connectivity index (χ1v) is 4.65. The summed E-state index contributed by atoms with van der Waals surface area (Å²) in [6.07, 6.45) is 1.12. The number of nitrogens with one attached hydrogen (secondary N) is 1. The minimum absolute atomic E-state index is 0.282. The molecular formula is C10H11NS. The van der Waals surface area contributed by atoms with Crippen LogP contribution in [-0.2, 0) is 6.42 Å². The molecule has 1 unspecified atom stereocenters. The van der Waals surface area contributed by atoms with Crippen LogP contribution in [0.25, 0.3) is 0 Å². The maximum atomic E-state index is 4.96. The molecule has 0 fully saturated rings. The molecule has 0 amide bonds. The van der Waals surface area contributed by atoms with E-state index in [2.05, 4.69) is 29.6 Å². The fourth-order valence-corrected chi connectivity index (χ4v) is 1.90. The zero-order chi connectivity index (χ0) is 8.39. The van der Waals surface area contributed by atoms with Gasteiger partial charge in [0.05, 0.1) is 6.04 Å². The molecule has 1 aliphatic heterocycles. The second-order valence-electron chi connectivity index (χ2n) is 3.02. The van der Waals surface area contributed by atoms with E-state index in [-0.39, 0.29) is 6.04 Å². The minimum Gasteiger partial charge on any atom is -0.306 e. The molecule has 2 rings (SSSR count). The van der Waals surface area contributed by atoms with E-state index >= 15 is 0 Å². The average Bonchev–Trinajstić information content (AvgIpc) is 2.17. The lowest BCUT2D eigenvalue weighted by Crippen LogP contribution is -2.30. The van der Waals surface area contributed by atoms with Gasteiger partial charge in [-0.3, -0.25) is 0 Å². The Hall–Kier alpha value is -0.730. The maximum absolute atomic E-state index is 4.96. The van der Waals surface area contributed by atoms with Gasteiger partial charge in [0.15, 0.2) is 0 Å². The van der Waals surface area contributed by atoms with E-state index < -0.39 is 0 Å². The van der Waals surface area contributed by atoms with Crippen molar-refractivity contribution in [3.63, 3.8) is 0 Å². The van der Waals surface area contributed by atoms with E-state index in [0.29, 0.717) is 0 Å². The Bertz CT molecular complexity index is 296. The Morgan fingerprint density at radius 2 is 2.25 bits per heavy atom. The van der Waals surface area contributed by atoms with Gasteiger partial charge >= 0.3 is 0 Å². The molecule has 1 N–H and O–H groups in total. The van der Waals surface area contributed by atoms with Crippen LogP contribution in [0, 0.1) is 0 Å². The summed E-state index contributed by atoms with van der Waals surface area (Å²) in [7, 11) is 0. The second-order valence-corrected chi connectivity index (χ2v) is 3.29. The van der Waals surface area contributed by atoms with Gasteiger partial charge in [-0.2, -0.15) is 0 Å². The molecular weight excluding hydrogens is 166 g/mol. The zero-order valence-corrected chi connectivity index (χ0v) is 7.60. The standard InChI is InChI=1S/C10H11NS/c12-7-10-9-4-2-1-3-8(9)5-6-11-10/h1-4,7,10-11H,5-6H2. The summed E-state index contributed by atoms with van der Waals surface area (Å²) in [5, 5.41) is 5.17. The summed E-state index contributed by atoms with van der Waals surface area (Å²) in [5.74, 6) is 0. The Balaban J connectivity index is 2.43. The van der Waals surface area contributed by atoms with Crippen LogP contribution < -0.4 is 5.32 Å². The van der Waals surface area contributed by atoms with Gasteiger partial charge in [0.25, 0.3) is 0 Å². The lowest BCUT2D eigenvalue weighted by Gasteiger charge is -2.23. The van der Waals surface area contributed by atoms with E-state index in [0.717, 1.165) is 13.0 Å². The minimum atomic E-state index is 0.282. The van der Waals surface area contributed by atoms with Gasteiger partial charge in [-0.15, -0.1) is 0 Å². The van der Waals surface area contributed by atoms with Crippen molar-refractivity contribution in [2.45, 2.75) is 12.5 Å². The third kappa shape index (κ3) is 1.28. The molecule has 0 radical (unpaired) electrons. The highest BCUT2D eigenvalue weighted by Crippen LogP contribution is 2.20. The molecule has 12 heavy (non-hydrogen) atoms. The number of rotatable bonds is 1. The summed E-state index contributed by atoms with van der Waals surface area (Å²) < 4.78 is 0. The van der Waals surface area contributed by atoms with Gasteiger partial charge in [0, 0.05) is 11.9 Å². The van der Waals surface area contributed by atoms with E-state index in [1.807, 2.05) is 0 Å². The van der Waals surface area contributed by atoms with Crippen molar-refractivity contribution < 1.29 is 0 Å². The number of hydrogen-bond donors (Lipinski definition) is 1. The molecule has 0 spiro atoms. The SMILES string of the molecule is S=CC1NCCc2ccccc21. The molecule has 0 aliphatic carbocycles. The van der Waals surface area contributed by atoms with Gasteiger partial charge < -0.3 is 5.32 Å². The molecule has 1 aromatic carbocycles. The Morgan fingerprint density at radius 1 is 1.42 bits per heavy atom. The largest absolute Gasteiger partial charge is 0.306 e. The molecule has 1 aliphatic rings. The fourth-order valence-electron chi connectivity index (χ4n) is 1.66. The number of thiocarbonyl (C=S) groups is 1. The predicted octanol–water partition coefficient (Wildman–Crippen LogP) is 1.87. The summed E-state index contributed by atoms with van der Waals surface area (Å²) in [5.41, 5.74) is 2.78. The number of fused-ring (bicyclic) bond motifs is 1. The van der Waals surface area contributed by atoms with Crippen molar-refractivity contribution in [1.29, 1.82) is 0 Å². The van der Waals surface area contributed by atoms with Crippen molar-refractivity contribution in [3.05, 3.63) is 35.4 Å². The van der Waals surface area contributed by atoms with Crippen LogP contribution in [-0.4, -0.2) is 11.9 Å². The van der Waals surface area contributed by atoms with E-state index in [9.17, 15) is 0 Å². The van der Waals surface area contributed by atoms with Crippen molar-refractivity contribution in [2.75, 3.05) is 6.54 Å². The Kier molecular flexibility index (Phi) is 2.19. The van der Waals surface area contributed by atoms with Crippen LogP contribution in [0.15, 0.2) is 24.3 Å². The molecule has 1 nitrogen and oxygen atoms in total. The lowest BCUT2D eigenvalue weighted by atomic mass is 9.96. The first kappa shape index (κ1) is 7.90. The molecule has 0 saturated heterocycles. The van der Waals surface area contributed by atoms with Gasteiger partial charge in [-0.1, -0.05) is 36.5 Å². The average molecular weight is 177 g/mol. The van der Waals surface area contributed by atoms with E-state index in [4.69, 9.17) is 12.2 Å². The first-order chi connectivity index (χ1) is 5.92. The molecule has 1 atom stereocenters.